The van der Waals surface area contributed by atoms with Crippen LogP contribution in [0.3, 0.4) is 0 Å². The molecule has 1 aromatic heterocycles. The molecular weight excluding hydrogens is 408 g/mol. The summed E-state index contributed by atoms with van der Waals surface area (Å²) in [5.74, 6) is -0.358. The number of unbranched alkanes of at least 4 members (excludes halogenated alkanes) is 1. The first-order valence-corrected chi connectivity index (χ1v) is 11.4. The third kappa shape index (κ3) is 4.99. The van der Waals surface area contributed by atoms with Crippen LogP contribution < -0.4 is 9.62 Å². The zero-order chi connectivity index (χ0) is 20.9. The van der Waals surface area contributed by atoms with Gasteiger partial charge in [-0.1, -0.05) is 42.9 Å². The van der Waals surface area contributed by atoms with E-state index in [1.165, 1.54) is 47.0 Å². The number of rotatable bonds is 8. The van der Waals surface area contributed by atoms with Crippen LogP contribution in [0.5, 0.6) is 0 Å². The molecule has 0 radical (unpaired) electrons. The van der Waals surface area contributed by atoms with Crippen molar-refractivity contribution in [2.45, 2.75) is 31.1 Å². The summed E-state index contributed by atoms with van der Waals surface area (Å²) < 4.78 is 26.8. The summed E-state index contributed by atoms with van der Waals surface area (Å²) >= 11 is 1.35. The minimum absolute atomic E-state index is 0.109. The molecule has 29 heavy (non-hydrogen) atoms. The van der Waals surface area contributed by atoms with Gasteiger partial charge in [0, 0.05) is 19.0 Å². The lowest BCUT2D eigenvalue weighted by Crippen LogP contribution is -2.26. The molecule has 3 rings (SSSR count). The summed E-state index contributed by atoms with van der Waals surface area (Å²) in [6.45, 7) is 2.10. The van der Waals surface area contributed by atoms with Crippen LogP contribution >= 0.6 is 11.3 Å². The SMILES string of the molecule is CCCCc1nnc(NC(=O)c2ccc(S(=O)(=O)N(C)c3ccccc3)cc2)s1. The Hall–Kier alpha value is -2.78. The fourth-order valence-corrected chi connectivity index (χ4v) is 4.59. The summed E-state index contributed by atoms with van der Waals surface area (Å²) in [7, 11) is -2.22. The second-order valence-corrected chi connectivity index (χ2v) is 9.42. The molecule has 0 spiro atoms. The van der Waals surface area contributed by atoms with Gasteiger partial charge in [-0.15, -0.1) is 10.2 Å². The average molecular weight is 431 g/mol. The Morgan fingerprint density at radius 3 is 2.41 bits per heavy atom. The lowest BCUT2D eigenvalue weighted by atomic mass is 10.2. The van der Waals surface area contributed by atoms with Gasteiger partial charge >= 0.3 is 0 Å². The van der Waals surface area contributed by atoms with E-state index in [0.717, 1.165) is 24.3 Å². The number of amides is 1. The van der Waals surface area contributed by atoms with Crippen molar-refractivity contribution in [3.05, 3.63) is 65.2 Å². The number of benzene rings is 2. The van der Waals surface area contributed by atoms with E-state index in [1.807, 2.05) is 6.07 Å². The first-order valence-electron chi connectivity index (χ1n) is 9.19. The van der Waals surface area contributed by atoms with Gasteiger partial charge in [0.15, 0.2) is 0 Å². The first-order chi connectivity index (χ1) is 13.9. The first kappa shape index (κ1) is 20.9. The fraction of sp³-hybridized carbons (Fsp3) is 0.250. The molecule has 3 aromatic rings. The monoisotopic (exact) mass is 430 g/mol. The lowest BCUT2D eigenvalue weighted by Gasteiger charge is -2.19. The number of hydrogen-bond acceptors (Lipinski definition) is 6. The van der Waals surface area contributed by atoms with E-state index >= 15 is 0 Å². The van der Waals surface area contributed by atoms with Gasteiger partial charge in [-0.2, -0.15) is 0 Å². The van der Waals surface area contributed by atoms with Crippen molar-refractivity contribution < 1.29 is 13.2 Å². The second kappa shape index (κ2) is 9.15. The molecule has 0 aliphatic carbocycles. The van der Waals surface area contributed by atoms with Crippen LogP contribution in [0.15, 0.2) is 59.5 Å². The number of aryl methyl sites for hydroxylation is 1. The van der Waals surface area contributed by atoms with Gasteiger partial charge in [0.2, 0.25) is 5.13 Å². The highest BCUT2D eigenvalue weighted by Crippen LogP contribution is 2.22. The Kier molecular flexibility index (Phi) is 6.60. The molecule has 1 amide bonds. The third-order valence-corrected chi connectivity index (χ3v) is 7.02. The van der Waals surface area contributed by atoms with Crippen molar-refractivity contribution in [3.8, 4) is 0 Å². The molecule has 0 aliphatic rings. The van der Waals surface area contributed by atoms with Gasteiger partial charge in [-0.25, -0.2) is 8.42 Å². The van der Waals surface area contributed by atoms with E-state index < -0.39 is 10.0 Å². The summed E-state index contributed by atoms with van der Waals surface area (Å²) in [4.78, 5) is 12.5. The number of para-hydroxylation sites is 1. The summed E-state index contributed by atoms with van der Waals surface area (Å²) in [6, 6.07) is 14.6. The van der Waals surface area contributed by atoms with Crippen LogP contribution in [0.1, 0.15) is 35.1 Å². The van der Waals surface area contributed by atoms with Crippen molar-refractivity contribution in [2.75, 3.05) is 16.7 Å². The van der Waals surface area contributed by atoms with Crippen molar-refractivity contribution in [1.29, 1.82) is 0 Å². The molecule has 0 fully saturated rings. The number of nitrogens with one attached hydrogen (secondary N) is 1. The fourth-order valence-electron chi connectivity index (χ4n) is 2.62. The number of hydrogen-bond donors (Lipinski definition) is 1. The largest absolute Gasteiger partial charge is 0.296 e. The minimum atomic E-state index is -3.72. The highest BCUT2D eigenvalue weighted by atomic mass is 32.2. The van der Waals surface area contributed by atoms with Gasteiger partial charge in [0.05, 0.1) is 10.6 Å². The zero-order valence-corrected chi connectivity index (χ0v) is 17.8. The molecule has 2 aromatic carbocycles. The van der Waals surface area contributed by atoms with Crippen LogP contribution in [0, 0.1) is 0 Å². The number of anilines is 2. The zero-order valence-electron chi connectivity index (χ0n) is 16.2. The van der Waals surface area contributed by atoms with Gasteiger partial charge in [0.25, 0.3) is 15.9 Å². The summed E-state index contributed by atoms with van der Waals surface area (Å²) in [5.41, 5.74) is 0.904. The van der Waals surface area contributed by atoms with E-state index in [4.69, 9.17) is 0 Å². The molecule has 0 aliphatic heterocycles. The standard InChI is InChI=1S/C20H22N4O3S2/c1-3-4-10-18-22-23-20(28-18)21-19(25)15-11-13-17(14-12-15)29(26,27)24(2)16-8-6-5-7-9-16/h5-9,11-14H,3-4,10H2,1-2H3,(H,21,23,25). The highest BCUT2D eigenvalue weighted by Gasteiger charge is 2.21. The molecule has 152 valence electrons. The smallest absolute Gasteiger partial charge is 0.264 e. The quantitative estimate of drug-likeness (QED) is 0.584. The molecule has 1 N–H and O–H groups in total. The molecule has 7 nitrogen and oxygen atoms in total. The Balaban J connectivity index is 1.70. The summed E-state index contributed by atoms with van der Waals surface area (Å²) in [5, 5.41) is 12.1. The molecule has 0 saturated carbocycles. The Morgan fingerprint density at radius 1 is 1.07 bits per heavy atom. The van der Waals surface area contributed by atoms with Gasteiger partial charge < -0.3 is 0 Å². The van der Waals surface area contributed by atoms with E-state index in [1.54, 1.807) is 24.3 Å². The molecule has 0 atom stereocenters. The van der Waals surface area contributed by atoms with Crippen molar-refractivity contribution in [2.24, 2.45) is 0 Å². The summed E-state index contributed by atoms with van der Waals surface area (Å²) in [6.07, 6.45) is 2.93. The maximum Gasteiger partial charge on any atom is 0.264 e. The Bertz CT molecular complexity index is 1060. The van der Waals surface area contributed by atoms with E-state index in [0.29, 0.717) is 16.4 Å². The van der Waals surface area contributed by atoms with Crippen LogP contribution in [0.2, 0.25) is 0 Å². The van der Waals surface area contributed by atoms with E-state index in [-0.39, 0.29) is 10.8 Å². The van der Waals surface area contributed by atoms with Gasteiger partial charge in [-0.3, -0.25) is 14.4 Å². The maximum atomic E-state index is 12.8. The average Bonchev–Trinajstić information content (AvgIpc) is 3.19. The highest BCUT2D eigenvalue weighted by molar-refractivity contribution is 7.92. The number of carbonyl (C=O) groups is 1. The minimum Gasteiger partial charge on any atom is -0.296 e. The predicted octanol–water partition coefficient (Wildman–Crippen LogP) is 3.96. The van der Waals surface area contributed by atoms with Crippen LogP contribution in [0.25, 0.3) is 0 Å². The molecular formula is C20H22N4O3S2. The predicted molar refractivity (Wildman–Crippen MR) is 115 cm³/mol. The van der Waals surface area contributed by atoms with Crippen LogP contribution in [0.4, 0.5) is 10.8 Å². The maximum absolute atomic E-state index is 12.8. The number of aromatic nitrogens is 2. The van der Waals surface area contributed by atoms with Crippen LogP contribution in [-0.2, 0) is 16.4 Å². The number of nitrogens with zero attached hydrogens (tertiary/aromatic N) is 3. The van der Waals surface area contributed by atoms with Crippen molar-refractivity contribution in [1.82, 2.24) is 10.2 Å². The topological polar surface area (TPSA) is 92.3 Å². The van der Waals surface area contributed by atoms with Crippen molar-refractivity contribution >= 4 is 38.1 Å². The van der Waals surface area contributed by atoms with Crippen LogP contribution in [-0.4, -0.2) is 31.6 Å². The van der Waals surface area contributed by atoms with Crippen molar-refractivity contribution in [3.63, 3.8) is 0 Å². The van der Waals surface area contributed by atoms with E-state index in [9.17, 15) is 13.2 Å². The molecule has 0 saturated heterocycles. The number of carbonyl (C=O) groups excluding carboxylic acids is 1. The second-order valence-electron chi connectivity index (χ2n) is 6.39. The van der Waals surface area contributed by atoms with E-state index in [2.05, 4.69) is 22.4 Å². The molecule has 0 unspecified atom stereocenters. The third-order valence-electron chi connectivity index (χ3n) is 4.33. The Labute approximate surface area is 174 Å². The van der Waals surface area contributed by atoms with Gasteiger partial charge in [0.1, 0.15) is 5.01 Å². The lowest BCUT2D eigenvalue weighted by molar-refractivity contribution is 0.102. The normalized spacial score (nSPS) is 11.2. The van der Waals surface area contributed by atoms with Gasteiger partial charge in [-0.05, 0) is 42.8 Å². The molecule has 1 heterocycles. The number of sulfonamides is 1. The Morgan fingerprint density at radius 2 is 1.76 bits per heavy atom. The molecule has 9 heteroatoms. The molecule has 0 bridgehead atoms.